The number of ether oxygens (including phenoxy) is 1. The summed E-state index contributed by atoms with van der Waals surface area (Å²) in [6.45, 7) is 9.25. The van der Waals surface area contributed by atoms with Crippen LogP contribution in [0.1, 0.15) is 40.2 Å². The summed E-state index contributed by atoms with van der Waals surface area (Å²) < 4.78 is 5.36. The summed E-state index contributed by atoms with van der Waals surface area (Å²) in [6, 6.07) is 18.2. The van der Waals surface area contributed by atoms with Gasteiger partial charge in [0, 0.05) is 0 Å². The fourth-order valence-corrected chi connectivity index (χ4v) is 2.38. The number of amides is 1. The number of hydrogen-bond donors (Lipinski definition) is 1. The van der Waals surface area contributed by atoms with E-state index in [1.165, 1.54) is 0 Å². The maximum atomic E-state index is 12.2. The number of hydrazine groups is 1. The van der Waals surface area contributed by atoms with Gasteiger partial charge in [0.2, 0.25) is 0 Å². The molecule has 4 heteroatoms. The average molecular weight is 326 g/mol. The van der Waals surface area contributed by atoms with Crippen molar-refractivity contribution in [3.63, 3.8) is 0 Å². The number of rotatable bonds is 3. The van der Waals surface area contributed by atoms with Gasteiger partial charge in [-0.25, -0.2) is 15.6 Å². The first kappa shape index (κ1) is 18.0. The minimum atomic E-state index is -0.683. The molecule has 24 heavy (non-hydrogen) atoms. The summed E-state index contributed by atoms with van der Waals surface area (Å²) in [4.78, 5) is 12.2. The van der Waals surface area contributed by atoms with Crippen molar-refractivity contribution < 1.29 is 9.53 Å². The van der Waals surface area contributed by atoms with Crippen molar-refractivity contribution in [2.45, 2.75) is 45.8 Å². The van der Waals surface area contributed by atoms with E-state index in [0.717, 1.165) is 21.7 Å². The Balaban J connectivity index is 2.21. The number of nitrogens with zero attached hydrogens (tertiary/aromatic N) is 1. The molecule has 0 spiro atoms. The van der Waals surface area contributed by atoms with Crippen LogP contribution in [0.4, 0.5) is 4.79 Å². The van der Waals surface area contributed by atoms with Crippen molar-refractivity contribution >= 4 is 6.09 Å². The van der Waals surface area contributed by atoms with Crippen LogP contribution in [0.15, 0.2) is 54.6 Å². The van der Waals surface area contributed by atoms with Crippen molar-refractivity contribution in [3.05, 3.63) is 60.2 Å². The largest absolute Gasteiger partial charge is 0.443 e. The molecule has 1 amide bonds. The van der Waals surface area contributed by atoms with Crippen LogP contribution in [0.2, 0.25) is 0 Å². The van der Waals surface area contributed by atoms with Crippen LogP contribution in [-0.4, -0.2) is 16.7 Å². The third-order valence-corrected chi connectivity index (χ3v) is 3.89. The highest BCUT2D eigenvalue weighted by molar-refractivity contribution is 5.69. The highest BCUT2D eigenvalue weighted by atomic mass is 16.6. The van der Waals surface area contributed by atoms with Crippen LogP contribution in [0.25, 0.3) is 11.1 Å². The second-order valence-electron chi connectivity index (χ2n) is 7.35. The molecule has 0 aliphatic heterocycles. The molecule has 2 N–H and O–H groups in total. The van der Waals surface area contributed by atoms with Crippen molar-refractivity contribution in [1.82, 2.24) is 5.01 Å². The first-order chi connectivity index (χ1) is 11.1. The smallest absolute Gasteiger partial charge is 0.425 e. The number of carbonyl (C=O) groups excluding carboxylic acids is 1. The molecule has 0 fully saturated rings. The summed E-state index contributed by atoms with van der Waals surface area (Å²) in [6.07, 6.45) is -0.542. The summed E-state index contributed by atoms with van der Waals surface area (Å²) in [5.41, 5.74) is 1.95. The predicted octanol–water partition coefficient (Wildman–Crippen LogP) is 4.70. The highest BCUT2D eigenvalue weighted by Gasteiger charge is 2.33. The molecule has 0 heterocycles. The quantitative estimate of drug-likeness (QED) is 0.505. The second-order valence-corrected chi connectivity index (χ2v) is 7.35. The molecule has 2 aromatic carbocycles. The summed E-state index contributed by atoms with van der Waals surface area (Å²) in [5, 5.41) is 1.15. The topological polar surface area (TPSA) is 55.6 Å². The molecule has 0 radical (unpaired) electrons. The predicted molar refractivity (Wildman–Crippen MR) is 97.2 cm³/mol. The average Bonchev–Trinajstić information content (AvgIpc) is 2.53. The van der Waals surface area contributed by atoms with E-state index in [0.29, 0.717) is 0 Å². The molecule has 0 aromatic heterocycles. The number of benzene rings is 2. The Kier molecular flexibility index (Phi) is 4.99. The van der Waals surface area contributed by atoms with Gasteiger partial charge in [-0.05, 0) is 51.3 Å². The van der Waals surface area contributed by atoms with Gasteiger partial charge < -0.3 is 4.74 Å². The number of carbonyl (C=O) groups is 1. The van der Waals surface area contributed by atoms with Gasteiger partial charge in [0.1, 0.15) is 5.60 Å². The zero-order valence-corrected chi connectivity index (χ0v) is 15.0. The molecule has 2 aromatic rings. The van der Waals surface area contributed by atoms with Crippen LogP contribution >= 0.6 is 0 Å². The standard InChI is InChI=1S/C20H26N2O2/c1-19(2,3)24-18(23)22(21)20(4,5)17-13-11-16(12-14-17)15-9-7-6-8-10-15/h6-14H,21H2,1-5H3. The molecule has 0 aliphatic carbocycles. The lowest BCUT2D eigenvalue weighted by molar-refractivity contribution is 0.00172. The summed E-state index contributed by atoms with van der Waals surface area (Å²) in [5.74, 6) is 6.04. The van der Waals surface area contributed by atoms with Crippen LogP contribution in [0, 0.1) is 0 Å². The van der Waals surface area contributed by atoms with Crippen LogP contribution < -0.4 is 5.84 Å². The molecule has 0 saturated heterocycles. The van der Waals surface area contributed by atoms with Gasteiger partial charge in [0.05, 0.1) is 5.54 Å². The zero-order valence-electron chi connectivity index (χ0n) is 15.0. The molecule has 0 atom stereocenters. The minimum Gasteiger partial charge on any atom is -0.443 e. The van der Waals surface area contributed by atoms with Crippen LogP contribution in [0.3, 0.4) is 0 Å². The highest BCUT2D eigenvalue weighted by Crippen LogP contribution is 2.29. The van der Waals surface area contributed by atoms with Gasteiger partial charge in [0.25, 0.3) is 0 Å². The maximum Gasteiger partial charge on any atom is 0.425 e. The maximum absolute atomic E-state index is 12.2. The molecule has 0 bridgehead atoms. The van der Waals surface area contributed by atoms with Gasteiger partial charge in [-0.2, -0.15) is 0 Å². The fraction of sp³-hybridized carbons (Fsp3) is 0.350. The second kappa shape index (κ2) is 6.65. The third kappa shape index (κ3) is 4.15. The van der Waals surface area contributed by atoms with E-state index in [9.17, 15) is 4.79 Å². The van der Waals surface area contributed by atoms with Crippen molar-refractivity contribution in [2.24, 2.45) is 5.84 Å². The fourth-order valence-electron chi connectivity index (χ4n) is 2.38. The molecule has 0 aliphatic rings. The van der Waals surface area contributed by atoms with Crippen molar-refractivity contribution in [3.8, 4) is 11.1 Å². The first-order valence-corrected chi connectivity index (χ1v) is 8.05. The van der Waals surface area contributed by atoms with Gasteiger partial charge in [-0.15, -0.1) is 0 Å². The molecule has 4 nitrogen and oxygen atoms in total. The van der Waals surface area contributed by atoms with Gasteiger partial charge in [-0.3, -0.25) is 0 Å². The van der Waals surface area contributed by atoms with Crippen LogP contribution in [0.5, 0.6) is 0 Å². The van der Waals surface area contributed by atoms with E-state index in [1.807, 2.05) is 77.1 Å². The van der Waals surface area contributed by atoms with Gasteiger partial charge in [-0.1, -0.05) is 54.6 Å². The lowest BCUT2D eigenvalue weighted by Crippen LogP contribution is -2.52. The normalized spacial score (nSPS) is 11.9. The van der Waals surface area contributed by atoms with E-state index in [-0.39, 0.29) is 0 Å². The minimum absolute atomic E-state index is 0.542. The van der Waals surface area contributed by atoms with E-state index in [1.54, 1.807) is 0 Å². The Morgan fingerprint density at radius 3 is 1.88 bits per heavy atom. The molecular formula is C20H26N2O2. The lowest BCUT2D eigenvalue weighted by atomic mass is 9.92. The SMILES string of the molecule is CC(C)(C)OC(=O)N(N)C(C)(C)c1ccc(-c2ccccc2)cc1. The van der Waals surface area contributed by atoms with Crippen molar-refractivity contribution in [1.29, 1.82) is 0 Å². The van der Waals surface area contributed by atoms with E-state index in [4.69, 9.17) is 10.6 Å². The lowest BCUT2D eigenvalue weighted by Gasteiger charge is -2.36. The van der Waals surface area contributed by atoms with Crippen LogP contribution in [-0.2, 0) is 10.3 Å². The Morgan fingerprint density at radius 1 is 0.875 bits per heavy atom. The molecule has 0 unspecified atom stereocenters. The molecule has 2 rings (SSSR count). The Labute approximate surface area is 144 Å². The van der Waals surface area contributed by atoms with E-state index in [2.05, 4.69) is 12.1 Å². The molecule has 128 valence electrons. The first-order valence-electron chi connectivity index (χ1n) is 8.05. The number of hydrogen-bond acceptors (Lipinski definition) is 3. The summed E-state index contributed by atoms with van der Waals surface area (Å²) >= 11 is 0. The Morgan fingerprint density at radius 2 is 1.38 bits per heavy atom. The van der Waals surface area contributed by atoms with E-state index >= 15 is 0 Å². The van der Waals surface area contributed by atoms with E-state index < -0.39 is 17.2 Å². The number of nitrogens with two attached hydrogens (primary N) is 1. The summed E-state index contributed by atoms with van der Waals surface area (Å²) in [7, 11) is 0. The van der Waals surface area contributed by atoms with Gasteiger partial charge >= 0.3 is 6.09 Å². The van der Waals surface area contributed by atoms with Crippen molar-refractivity contribution in [2.75, 3.05) is 0 Å². The third-order valence-electron chi connectivity index (χ3n) is 3.89. The van der Waals surface area contributed by atoms with Gasteiger partial charge in [0.15, 0.2) is 0 Å². The Hall–Kier alpha value is -2.33. The Bertz CT molecular complexity index is 686. The molecule has 0 saturated carbocycles. The zero-order chi connectivity index (χ0) is 18.0. The monoisotopic (exact) mass is 326 g/mol. The molecular weight excluding hydrogens is 300 g/mol.